The molecule has 80 valence electrons. The molecule has 0 spiro atoms. The van der Waals surface area contributed by atoms with Crippen LogP contribution in [0.5, 0.6) is 0 Å². The second-order valence-electron chi connectivity index (χ2n) is 3.44. The van der Waals surface area contributed by atoms with Gasteiger partial charge in [-0.15, -0.1) is 0 Å². The molecule has 15 heavy (non-hydrogen) atoms. The van der Waals surface area contributed by atoms with E-state index >= 15 is 0 Å². The highest BCUT2D eigenvalue weighted by atomic mass is 35.5. The summed E-state index contributed by atoms with van der Waals surface area (Å²) in [5.74, 6) is -0.813. The first-order chi connectivity index (χ1) is 7.18. The molecule has 1 aromatic rings. The quantitative estimate of drug-likeness (QED) is 0.785. The highest BCUT2D eigenvalue weighted by molar-refractivity contribution is 6.32. The van der Waals surface area contributed by atoms with E-state index in [2.05, 4.69) is 4.98 Å². The fourth-order valence-electron chi connectivity index (χ4n) is 1.60. The summed E-state index contributed by atoms with van der Waals surface area (Å²) in [5.41, 5.74) is 0.849. The number of hydrogen-bond acceptors (Lipinski definition) is 3. The number of ether oxygens (including phenoxy) is 1. The van der Waals surface area contributed by atoms with E-state index in [-0.39, 0.29) is 16.6 Å². The van der Waals surface area contributed by atoms with Crippen LogP contribution in [0.25, 0.3) is 0 Å². The molecule has 2 rings (SSSR count). The lowest BCUT2D eigenvalue weighted by Crippen LogP contribution is -2.05. The largest absolute Gasteiger partial charge is 0.478 e. The Morgan fingerprint density at radius 1 is 1.60 bits per heavy atom. The molecule has 4 nitrogen and oxygen atoms in total. The van der Waals surface area contributed by atoms with Crippen molar-refractivity contribution in [2.45, 2.75) is 12.3 Å². The lowest BCUT2D eigenvalue weighted by atomic mass is 10.0. The molecule has 1 atom stereocenters. The molecule has 0 aromatic carbocycles. The van der Waals surface area contributed by atoms with Crippen LogP contribution in [-0.2, 0) is 4.74 Å². The van der Waals surface area contributed by atoms with E-state index in [4.69, 9.17) is 21.4 Å². The average molecular weight is 228 g/mol. The van der Waals surface area contributed by atoms with E-state index in [1.54, 1.807) is 6.07 Å². The molecule has 1 fully saturated rings. The van der Waals surface area contributed by atoms with E-state index in [0.717, 1.165) is 18.7 Å². The minimum Gasteiger partial charge on any atom is -0.478 e. The molecule has 0 saturated carbocycles. The van der Waals surface area contributed by atoms with Gasteiger partial charge in [-0.25, -0.2) is 9.78 Å². The van der Waals surface area contributed by atoms with Gasteiger partial charge in [0.1, 0.15) is 5.15 Å². The van der Waals surface area contributed by atoms with E-state index in [1.807, 2.05) is 0 Å². The fraction of sp³-hybridized carbons (Fsp3) is 0.400. The van der Waals surface area contributed by atoms with Gasteiger partial charge in [0.15, 0.2) is 0 Å². The van der Waals surface area contributed by atoms with Gasteiger partial charge in [0.05, 0.1) is 12.2 Å². The van der Waals surface area contributed by atoms with Crippen molar-refractivity contribution in [2.75, 3.05) is 13.2 Å². The minimum atomic E-state index is -1.05. The molecule has 0 radical (unpaired) electrons. The van der Waals surface area contributed by atoms with Gasteiger partial charge < -0.3 is 9.84 Å². The Morgan fingerprint density at radius 2 is 2.40 bits per heavy atom. The van der Waals surface area contributed by atoms with Crippen LogP contribution in [0.2, 0.25) is 5.15 Å². The predicted molar refractivity (Wildman–Crippen MR) is 54.4 cm³/mol. The number of aromatic nitrogens is 1. The summed E-state index contributed by atoms with van der Waals surface area (Å²) < 4.78 is 5.23. The maximum atomic E-state index is 10.7. The Bertz CT molecular complexity index is 388. The Hall–Kier alpha value is -1.13. The van der Waals surface area contributed by atoms with Gasteiger partial charge in [-0.3, -0.25) is 0 Å². The number of aromatic carboxylic acids is 1. The summed E-state index contributed by atoms with van der Waals surface area (Å²) in [6.45, 7) is 1.36. The Morgan fingerprint density at radius 3 is 2.93 bits per heavy atom. The lowest BCUT2D eigenvalue weighted by molar-refractivity contribution is 0.0696. The number of carbonyl (C=O) groups is 1. The molecule has 0 aliphatic carbocycles. The molecule has 0 amide bonds. The molecular formula is C10H10ClNO3. The maximum Gasteiger partial charge on any atom is 0.338 e. The minimum absolute atomic E-state index is 0.0410. The topological polar surface area (TPSA) is 59.4 Å². The van der Waals surface area contributed by atoms with Gasteiger partial charge >= 0.3 is 5.97 Å². The molecule has 1 aliphatic heterocycles. The molecule has 1 saturated heterocycles. The van der Waals surface area contributed by atoms with Gasteiger partial charge in [-0.1, -0.05) is 11.6 Å². The van der Waals surface area contributed by atoms with E-state index in [1.165, 1.54) is 6.07 Å². The highest BCUT2D eigenvalue weighted by Crippen LogP contribution is 2.25. The molecule has 1 unspecified atom stereocenters. The summed E-state index contributed by atoms with van der Waals surface area (Å²) in [6, 6.07) is 3.19. The van der Waals surface area contributed by atoms with Gasteiger partial charge in [0.25, 0.3) is 0 Å². The molecule has 1 aliphatic rings. The number of carboxylic acids is 1. The van der Waals surface area contributed by atoms with Crippen molar-refractivity contribution in [1.82, 2.24) is 4.98 Å². The summed E-state index contributed by atoms with van der Waals surface area (Å²) >= 11 is 5.77. The molecular weight excluding hydrogens is 218 g/mol. The summed E-state index contributed by atoms with van der Waals surface area (Å²) in [7, 11) is 0. The van der Waals surface area contributed by atoms with Gasteiger partial charge in [0, 0.05) is 18.2 Å². The first-order valence-corrected chi connectivity index (χ1v) is 5.04. The van der Waals surface area contributed by atoms with Crippen LogP contribution in [0.4, 0.5) is 0 Å². The maximum absolute atomic E-state index is 10.7. The third-order valence-electron chi connectivity index (χ3n) is 2.45. The summed E-state index contributed by atoms with van der Waals surface area (Å²) in [5, 5.41) is 8.82. The third-order valence-corrected chi connectivity index (χ3v) is 2.74. The monoisotopic (exact) mass is 227 g/mol. The molecule has 0 bridgehead atoms. The summed E-state index contributed by atoms with van der Waals surface area (Å²) in [4.78, 5) is 14.8. The van der Waals surface area contributed by atoms with Crippen molar-refractivity contribution in [1.29, 1.82) is 0 Å². The first-order valence-electron chi connectivity index (χ1n) is 4.66. The lowest BCUT2D eigenvalue weighted by Gasteiger charge is -2.07. The van der Waals surface area contributed by atoms with Crippen molar-refractivity contribution in [3.05, 3.63) is 28.5 Å². The first kappa shape index (κ1) is 10.4. The van der Waals surface area contributed by atoms with Crippen molar-refractivity contribution in [2.24, 2.45) is 0 Å². The number of hydrogen-bond donors (Lipinski definition) is 1. The fourth-order valence-corrected chi connectivity index (χ4v) is 1.84. The van der Waals surface area contributed by atoms with E-state index in [9.17, 15) is 4.79 Å². The van der Waals surface area contributed by atoms with Crippen LogP contribution >= 0.6 is 11.6 Å². The second-order valence-corrected chi connectivity index (χ2v) is 3.80. The van der Waals surface area contributed by atoms with Crippen LogP contribution in [0.1, 0.15) is 28.4 Å². The van der Waals surface area contributed by atoms with Crippen molar-refractivity contribution < 1.29 is 14.6 Å². The standard InChI is InChI=1S/C10H10ClNO3/c11-9-7(10(13)14)1-2-8(12-9)6-3-4-15-5-6/h1-2,6H,3-5H2,(H,13,14). The third kappa shape index (κ3) is 2.11. The number of halogens is 1. The van der Waals surface area contributed by atoms with Crippen LogP contribution in [0.15, 0.2) is 12.1 Å². The number of rotatable bonds is 2. The van der Waals surface area contributed by atoms with Crippen LogP contribution in [0, 0.1) is 0 Å². The number of pyridine rings is 1. The van der Waals surface area contributed by atoms with Crippen molar-refractivity contribution in [3.8, 4) is 0 Å². The van der Waals surface area contributed by atoms with E-state index < -0.39 is 5.97 Å². The average Bonchev–Trinajstić information content (AvgIpc) is 2.69. The Labute approximate surface area is 91.8 Å². The summed E-state index contributed by atoms with van der Waals surface area (Å²) in [6.07, 6.45) is 0.912. The van der Waals surface area contributed by atoms with Crippen molar-refractivity contribution >= 4 is 17.6 Å². The normalized spacial score (nSPS) is 20.5. The van der Waals surface area contributed by atoms with Gasteiger partial charge in [-0.2, -0.15) is 0 Å². The SMILES string of the molecule is O=C(O)c1ccc(C2CCOC2)nc1Cl. The van der Waals surface area contributed by atoms with Crippen molar-refractivity contribution in [3.63, 3.8) is 0 Å². The highest BCUT2D eigenvalue weighted by Gasteiger charge is 2.20. The van der Waals surface area contributed by atoms with Gasteiger partial charge in [0.2, 0.25) is 0 Å². The predicted octanol–water partition coefficient (Wildman–Crippen LogP) is 1.94. The zero-order valence-electron chi connectivity index (χ0n) is 7.94. The molecule has 1 aromatic heterocycles. The Kier molecular flexibility index (Phi) is 2.88. The number of nitrogens with zero attached hydrogens (tertiary/aromatic N) is 1. The van der Waals surface area contributed by atoms with E-state index in [0.29, 0.717) is 6.61 Å². The smallest absolute Gasteiger partial charge is 0.338 e. The molecule has 2 heterocycles. The second kappa shape index (κ2) is 4.16. The van der Waals surface area contributed by atoms with Crippen LogP contribution < -0.4 is 0 Å². The molecule has 5 heteroatoms. The number of carboxylic acid groups (broad SMARTS) is 1. The van der Waals surface area contributed by atoms with Crippen LogP contribution in [0.3, 0.4) is 0 Å². The Balaban J connectivity index is 2.28. The zero-order chi connectivity index (χ0) is 10.8. The van der Waals surface area contributed by atoms with Gasteiger partial charge in [-0.05, 0) is 18.6 Å². The zero-order valence-corrected chi connectivity index (χ0v) is 8.70. The van der Waals surface area contributed by atoms with Crippen LogP contribution in [-0.4, -0.2) is 29.3 Å². The molecule has 1 N–H and O–H groups in total.